The van der Waals surface area contributed by atoms with Gasteiger partial charge in [0.25, 0.3) is 5.91 Å². The number of hydrogen-bond acceptors (Lipinski definition) is 5. The highest BCUT2D eigenvalue weighted by molar-refractivity contribution is 5.92. The molecule has 1 fully saturated rings. The summed E-state index contributed by atoms with van der Waals surface area (Å²) in [5.74, 6) is -0.846. The Labute approximate surface area is 160 Å². The van der Waals surface area contributed by atoms with Gasteiger partial charge in [-0.2, -0.15) is 4.98 Å². The summed E-state index contributed by atoms with van der Waals surface area (Å²) in [7, 11) is 3.30. The first-order chi connectivity index (χ1) is 13.4. The largest absolute Gasteiger partial charge is 0.343 e. The van der Waals surface area contributed by atoms with Gasteiger partial charge in [-0.1, -0.05) is 17.6 Å². The minimum absolute atomic E-state index is 0.208. The van der Waals surface area contributed by atoms with Gasteiger partial charge in [0.2, 0.25) is 11.7 Å². The van der Waals surface area contributed by atoms with Crippen molar-refractivity contribution in [1.82, 2.24) is 20.0 Å². The molecule has 8 heteroatoms. The molecule has 1 aliphatic rings. The Kier molecular flexibility index (Phi) is 4.41. The van der Waals surface area contributed by atoms with Crippen LogP contribution in [0.5, 0.6) is 0 Å². The highest BCUT2D eigenvalue weighted by Gasteiger charge is 2.47. The van der Waals surface area contributed by atoms with Crippen LogP contribution >= 0.6 is 0 Å². The summed E-state index contributed by atoms with van der Waals surface area (Å²) in [6.45, 7) is 0. The van der Waals surface area contributed by atoms with Crippen molar-refractivity contribution in [1.29, 1.82) is 0 Å². The molecule has 1 amide bonds. The Morgan fingerprint density at radius 2 is 1.96 bits per heavy atom. The number of nitrogens with zero attached hydrogens (tertiary/aromatic N) is 4. The Hall–Kier alpha value is -3.16. The lowest BCUT2D eigenvalue weighted by Crippen LogP contribution is -2.36. The molecule has 1 aliphatic carbocycles. The van der Waals surface area contributed by atoms with E-state index in [0.717, 1.165) is 12.5 Å². The standard InChI is InChI=1S/C20H18F2N4O2/c1-26(2)18(27)16-7-4-12(11-23-16)17-24-19(28-25-17)20(8-3-9-20)14-6-5-13(21)10-15(14)22/h4-7,10-11H,3,8-9H2,1-2H3. The summed E-state index contributed by atoms with van der Waals surface area (Å²) in [4.78, 5) is 22.0. The lowest BCUT2D eigenvalue weighted by Gasteiger charge is -2.38. The number of halogens is 2. The number of hydrogen-bond donors (Lipinski definition) is 0. The Morgan fingerprint density at radius 1 is 1.18 bits per heavy atom. The predicted octanol–water partition coefficient (Wildman–Crippen LogP) is 3.58. The second-order valence-electron chi connectivity index (χ2n) is 7.11. The van der Waals surface area contributed by atoms with Crippen molar-refractivity contribution in [2.75, 3.05) is 14.1 Å². The molecular formula is C20H18F2N4O2. The molecule has 1 saturated carbocycles. The van der Waals surface area contributed by atoms with Crippen LogP contribution in [0.4, 0.5) is 8.78 Å². The van der Waals surface area contributed by atoms with Crippen LogP contribution in [0, 0.1) is 11.6 Å². The Bertz CT molecular complexity index is 1030. The lowest BCUT2D eigenvalue weighted by atomic mass is 9.64. The maximum absolute atomic E-state index is 14.4. The van der Waals surface area contributed by atoms with Crippen LogP contribution in [0.15, 0.2) is 41.1 Å². The first-order valence-corrected chi connectivity index (χ1v) is 8.88. The molecule has 28 heavy (non-hydrogen) atoms. The minimum Gasteiger partial charge on any atom is -0.343 e. The second-order valence-corrected chi connectivity index (χ2v) is 7.11. The first kappa shape index (κ1) is 18.2. The maximum atomic E-state index is 14.4. The molecule has 0 N–H and O–H groups in total. The molecule has 0 atom stereocenters. The van der Waals surface area contributed by atoms with E-state index in [1.807, 2.05) is 0 Å². The molecule has 0 radical (unpaired) electrons. The van der Waals surface area contributed by atoms with Crippen molar-refractivity contribution in [3.8, 4) is 11.4 Å². The number of carbonyl (C=O) groups is 1. The van der Waals surface area contributed by atoms with Gasteiger partial charge in [-0.05, 0) is 31.0 Å². The predicted molar refractivity (Wildman–Crippen MR) is 96.5 cm³/mol. The average Bonchev–Trinajstić information content (AvgIpc) is 3.12. The van der Waals surface area contributed by atoms with Crippen molar-refractivity contribution < 1.29 is 18.1 Å². The van der Waals surface area contributed by atoms with E-state index in [-0.39, 0.29) is 5.91 Å². The molecule has 3 aromatic rings. The topological polar surface area (TPSA) is 72.1 Å². The van der Waals surface area contributed by atoms with E-state index in [0.29, 0.717) is 41.4 Å². The Balaban J connectivity index is 1.66. The van der Waals surface area contributed by atoms with Crippen LogP contribution in [0.2, 0.25) is 0 Å². The maximum Gasteiger partial charge on any atom is 0.271 e. The zero-order valence-electron chi connectivity index (χ0n) is 15.4. The Morgan fingerprint density at radius 3 is 2.54 bits per heavy atom. The van der Waals surface area contributed by atoms with Gasteiger partial charge in [0.05, 0.1) is 5.41 Å². The molecule has 0 spiro atoms. The van der Waals surface area contributed by atoms with Gasteiger partial charge in [0.15, 0.2) is 0 Å². The van der Waals surface area contributed by atoms with Crippen molar-refractivity contribution in [2.45, 2.75) is 24.7 Å². The van der Waals surface area contributed by atoms with E-state index in [1.165, 1.54) is 23.2 Å². The van der Waals surface area contributed by atoms with Crippen LogP contribution in [-0.2, 0) is 5.41 Å². The number of rotatable bonds is 4. The van der Waals surface area contributed by atoms with E-state index < -0.39 is 17.0 Å². The summed E-state index contributed by atoms with van der Waals surface area (Å²) >= 11 is 0. The normalized spacial score (nSPS) is 15.1. The molecule has 0 bridgehead atoms. The van der Waals surface area contributed by atoms with Crippen LogP contribution < -0.4 is 0 Å². The summed E-state index contributed by atoms with van der Waals surface area (Å²) in [6.07, 6.45) is 3.67. The van der Waals surface area contributed by atoms with Crippen LogP contribution in [0.25, 0.3) is 11.4 Å². The van der Waals surface area contributed by atoms with E-state index >= 15 is 0 Å². The molecule has 144 valence electrons. The van der Waals surface area contributed by atoms with Gasteiger partial charge in [0.1, 0.15) is 17.3 Å². The van der Waals surface area contributed by atoms with Crippen LogP contribution in [0.3, 0.4) is 0 Å². The highest BCUT2D eigenvalue weighted by atomic mass is 19.1. The van der Waals surface area contributed by atoms with Gasteiger partial charge in [-0.3, -0.25) is 9.78 Å². The number of pyridine rings is 1. The third-order valence-electron chi connectivity index (χ3n) is 5.14. The SMILES string of the molecule is CN(C)C(=O)c1ccc(-c2noc(C3(c4ccc(F)cc4F)CCC3)n2)cn1. The van der Waals surface area contributed by atoms with E-state index in [9.17, 15) is 13.6 Å². The fourth-order valence-corrected chi connectivity index (χ4v) is 3.42. The number of amides is 1. The summed E-state index contributed by atoms with van der Waals surface area (Å²) in [6, 6.07) is 6.82. The highest BCUT2D eigenvalue weighted by Crippen LogP contribution is 2.49. The average molecular weight is 384 g/mol. The molecule has 0 saturated heterocycles. The zero-order valence-corrected chi connectivity index (χ0v) is 15.4. The van der Waals surface area contributed by atoms with Gasteiger partial charge in [0, 0.05) is 37.5 Å². The summed E-state index contributed by atoms with van der Waals surface area (Å²) in [5.41, 5.74) is 0.512. The summed E-state index contributed by atoms with van der Waals surface area (Å²) in [5, 5.41) is 4.00. The zero-order chi connectivity index (χ0) is 19.9. The number of carbonyl (C=O) groups excluding carboxylic acids is 1. The first-order valence-electron chi connectivity index (χ1n) is 8.88. The molecule has 4 rings (SSSR count). The van der Waals surface area contributed by atoms with Crippen LogP contribution in [-0.4, -0.2) is 40.0 Å². The van der Waals surface area contributed by atoms with Crippen molar-refractivity contribution in [3.05, 3.63) is 65.3 Å². The monoisotopic (exact) mass is 384 g/mol. The second kappa shape index (κ2) is 6.78. The molecule has 2 heterocycles. The minimum atomic E-state index is -0.739. The van der Waals surface area contributed by atoms with Gasteiger partial charge < -0.3 is 9.42 Å². The fourth-order valence-electron chi connectivity index (χ4n) is 3.42. The number of benzene rings is 1. The van der Waals surface area contributed by atoms with E-state index in [2.05, 4.69) is 15.1 Å². The quantitative estimate of drug-likeness (QED) is 0.688. The molecular weight excluding hydrogens is 366 g/mol. The molecule has 6 nitrogen and oxygen atoms in total. The molecule has 1 aromatic carbocycles. The van der Waals surface area contributed by atoms with Crippen molar-refractivity contribution in [3.63, 3.8) is 0 Å². The fraction of sp³-hybridized carbons (Fsp3) is 0.300. The third-order valence-corrected chi connectivity index (χ3v) is 5.14. The number of aromatic nitrogens is 3. The lowest BCUT2D eigenvalue weighted by molar-refractivity contribution is 0.0822. The van der Waals surface area contributed by atoms with Gasteiger partial charge in [-0.25, -0.2) is 8.78 Å². The van der Waals surface area contributed by atoms with E-state index in [4.69, 9.17) is 4.52 Å². The van der Waals surface area contributed by atoms with E-state index in [1.54, 1.807) is 26.2 Å². The van der Waals surface area contributed by atoms with Gasteiger partial charge >= 0.3 is 0 Å². The smallest absolute Gasteiger partial charge is 0.271 e. The van der Waals surface area contributed by atoms with Crippen molar-refractivity contribution >= 4 is 5.91 Å². The van der Waals surface area contributed by atoms with Gasteiger partial charge in [-0.15, -0.1) is 0 Å². The van der Waals surface area contributed by atoms with Crippen LogP contribution in [0.1, 0.15) is 41.2 Å². The molecule has 0 unspecified atom stereocenters. The summed E-state index contributed by atoms with van der Waals surface area (Å²) < 4.78 is 33.1. The third kappa shape index (κ3) is 2.94. The molecule has 0 aliphatic heterocycles. The molecule has 2 aromatic heterocycles. The van der Waals surface area contributed by atoms with Crippen molar-refractivity contribution in [2.24, 2.45) is 0 Å².